The van der Waals surface area contributed by atoms with Gasteiger partial charge in [-0.15, -0.1) is 0 Å². The first kappa shape index (κ1) is 34.1. The normalized spacial score (nSPS) is 40.9. The average Bonchev–Trinajstić information content (AvgIpc) is 3.12. The highest BCUT2D eigenvalue weighted by Crippen LogP contribution is 2.38. The van der Waals surface area contributed by atoms with Crippen LogP contribution in [0.4, 0.5) is 0 Å². The Bertz CT molecular complexity index is 1140. The average molecular weight is 622 g/mol. The third kappa shape index (κ3) is 9.41. The lowest BCUT2D eigenvalue weighted by molar-refractivity contribution is -0.244. The number of rotatable bonds is 1. The van der Waals surface area contributed by atoms with Crippen molar-refractivity contribution >= 4 is 5.97 Å². The van der Waals surface area contributed by atoms with E-state index in [-0.39, 0.29) is 60.7 Å². The van der Waals surface area contributed by atoms with Crippen molar-refractivity contribution in [3.8, 4) is 6.07 Å². The molecule has 1 aliphatic carbocycles. The maximum Gasteiger partial charge on any atom is 0.330 e. The Kier molecular flexibility index (Phi) is 12.5. The lowest BCUT2D eigenvalue weighted by atomic mass is 9.79. The Balaban J connectivity index is 1.36. The highest BCUT2D eigenvalue weighted by Gasteiger charge is 2.43. The molecule has 3 saturated heterocycles. The predicted octanol–water partition coefficient (Wildman–Crippen LogP) is 7.92. The molecule has 4 aliphatic heterocycles. The summed E-state index contributed by atoms with van der Waals surface area (Å²) in [6, 6.07) is 2.15. The molecule has 0 amide bonds. The third-order valence-electron chi connectivity index (χ3n) is 10.8. The maximum atomic E-state index is 13.1. The Labute approximate surface area is 271 Å². The zero-order valence-electron chi connectivity index (χ0n) is 27.7. The predicted molar refractivity (Wildman–Crippen MR) is 174 cm³/mol. The van der Waals surface area contributed by atoms with Gasteiger partial charge in [0.2, 0.25) is 0 Å². The van der Waals surface area contributed by atoms with Crippen LogP contribution in [0.5, 0.6) is 0 Å². The number of fused-ring (bicyclic) bond motifs is 11. The van der Waals surface area contributed by atoms with Crippen molar-refractivity contribution in [1.29, 1.82) is 5.26 Å². The number of carbonyl (C=O) groups excluding carboxylic acids is 1. The van der Waals surface area contributed by atoms with Gasteiger partial charge in [-0.05, 0) is 76.2 Å². The van der Waals surface area contributed by atoms with Crippen molar-refractivity contribution in [3.05, 3.63) is 48.1 Å². The summed E-state index contributed by atoms with van der Waals surface area (Å²) in [6.07, 6.45) is 22.0. The number of hydrogen-bond donors (Lipinski definition) is 0. The van der Waals surface area contributed by atoms with Gasteiger partial charge in [0.1, 0.15) is 6.10 Å². The van der Waals surface area contributed by atoms with Crippen LogP contribution in [0.2, 0.25) is 0 Å². The van der Waals surface area contributed by atoms with E-state index in [1.165, 1.54) is 37.7 Å². The first-order valence-electron chi connectivity index (χ1n) is 17.7. The van der Waals surface area contributed by atoms with Crippen molar-refractivity contribution in [3.63, 3.8) is 0 Å². The second-order valence-corrected chi connectivity index (χ2v) is 14.3. The highest BCUT2D eigenvalue weighted by molar-refractivity contribution is 5.82. The van der Waals surface area contributed by atoms with Crippen LogP contribution in [-0.4, -0.2) is 55.5 Å². The van der Waals surface area contributed by atoms with E-state index < -0.39 is 0 Å². The molecule has 0 N–H and O–H groups in total. The van der Waals surface area contributed by atoms with E-state index in [0.717, 1.165) is 57.1 Å². The summed E-state index contributed by atoms with van der Waals surface area (Å²) >= 11 is 0. The molecular weight excluding hydrogens is 566 g/mol. The Morgan fingerprint density at radius 2 is 1.71 bits per heavy atom. The standard InChI is InChI=1S/C38H55NO6/c1-25-22-31-15-9-17-35(40)45-37-27(3)34(44-36(28(37)4)26(2)18-20-39)16-8-12-29-10-5-6-13-30(14-7-11-29)38-41-21-19-32(43-38)24-33(23-25)42-31/h8-9,12,17-18,27-34,36-38H,1,5-7,10-11,13-16,19,21-24H2,2-4H3. The zero-order chi connectivity index (χ0) is 31.8. The Morgan fingerprint density at radius 1 is 0.933 bits per heavy atom. The molecule has 45 heavy (non-hydrogen) atoms. The molecule has 7 nitrogen and oxygen atoms in total. The summed E-state index contributed by atoms with van der Waals surface area (Å²) in [5.74, 6) is 0.581. The van der Waals surface area contributed by atoms with Crippen molar-refractivity contribution < 1.29 is 28.5 Å². The second kappa shape index (κ2) is 16.5. The fourth-order valence-corrected chi connectivity index (χ4v) is 8.29. The first-order valence-corrected chi connectivity index (χ1v) is 17.7. The van der Waals surface area contributed by atoms with E-state index in [9.17, 15) is 10.1 Å². The van der Waals surface area contributed by atoms with Crippen LogP contribution in [0.25, 0.3) is 0 Å². The molecule has 0 radical (unpaired) electrons. The van der Waals surface area contributed by atoms with Gasteiger partial charge >= 0.3 is 5.97 Å². The number of nitrogens with zero attached hydrogens (tertiary/aromatic N) is 1. The molecule has 248 valence electrons. The molecule has 5 aliphatic rings. The van der Waals surface area contributed by atoms with E-state index in [1.807, 2.05) is 13.0 Å². The van der Waals surface area contributed by atoms with Gasteiger partial charge < -0.3 is 23.7 Å². The number of carbonyl (C=O) groups is 1. The minimum atomic E-state index is -0.342. The third-order valence-corrected chi connectivity index (χ3v) is 10.8. The van der Waals surface area contributed by atoms with Crippen LogP contribution in [0.1, 0.15) is 104 Å². The summed E-state index contributed by atoms with van der Waals surface area (Å²) in [5, 5.41) is 9.35. The van der Waals surface area contributed by atoms with Gasteiger partial charge in [-0.2, -0.15) is 5.26 Å². The smallest absolute Gasteiger partial charge is 0.330 e. The molecule has 7 heteroatoms. The van der Waals surface area contributed by atoms with Crippen LogP contribution in [0.15, 0.2) is 48.1 Å². The lowest BCUT2D eigenvalue weighted by Gasteiger charge is -2.44. The molecule has 11 unspecified atom stereocenters. The van der Waals surface area contributed by atoms with E-state index in [1.54, 1.807) is 12.2 Å². The molecule has 0 aromatic rings. The minimum absolute atomic E-state index is 0.0138. The van der Waals surface area contributed by atoms with E-state index >= 15 is 0 Å². The number of esters is 1. The maximum absolute atomic E-state index is 13.1. The van der Waals surface area contributed by atoms with E-state index in [4.69, 9.17) is 23.7 Å². The van der Waals surface area contributed by atoms with Crippen LogP contribution in [0.3, 0.4) is 0 Å². The van der Waals surface area contributed by atoms with Crippen molar-refractivity contribution in [2.75, 3.05) is 6.61 Å². The van der Waals surface area contributed by atoms with Gasteiger partial charge in [-0.25, -0.2) is 4.79 Å². The van der Waals surface area contributed by atoms with Gasteiger partial charge in [-0.3, -0.25) is 0 Å². The summed E-state index contributed by atoms with van der Waals surface area (Å²) in [6.45, 7) is 11.2. The fourth-order valence-electron chi connectivity index (χ4n) is 8.29. The molecule has 8 bridgehead atoms. The number of allylic oxidation sites excluding steroid dienone is 2. The summed E-state index contributed by atoms with van der Waals surface area (Å²) < 4.78 is 32.2. The molecule has 1 saturated carbocycles. The monoisotopic (exact) mass is 621 g/mol. The minimum Gasteiger partial charge on any atom is -0.458 e. The van der Waals surface area contributed by atoms with E-state index in [0.29, 0.717) is 18.3 Å². The van der Waals surface area contributed by atoms with Crippen molar-refractivity contribution in [2.24, 2.45) is 23.7 Å². The molecule has 0 aromatic heterocycles. The first-order chi connectivity index (χ1) is 21.8. The summed E-state index contributed by atoms with van der Waals surface area (Å²) in [5.41, 5.74) is 2.07. The summed E-state index contributed by atoms with van der Waals surface area (Å²) in [4.78, 5) is 13.1. The number of hydrogen-bond acceptors (Lipinski definition) is 7. The van der Waals surface area contributed by atoms with Crippen LogP contribution < -0.4 is 0 Å². The topological polar surface area (TPSA) is 87.0 Å². The van der Waals surface area contributed by atoms with Crippen molar-refractivity contribution in [1.82, 2.24) is 0 Å². The molecule has 11 atom stereocenters. The Hall–Kier alpha value is -2.24. The quantitative estimate of drug-likeness (QED) is 0.167. The summed E-state index contributed by atoms with van der Waals surface area (Å²) in [7, 11) is 0. The number of nitriles is 1. The van der Waals surface area contributed by atoms with Gasteiger partial charge in [0.15, 0.2) is 6.29 Å². The van der Waals surface area contributed by atoms with Gasteiger partial charge in [-0.1, -0.05) is 63.5 Å². The molecular formula is C38H55NO6. The zero-order valence-corrected chi connectivity index (χ0v) is 27.7. The van der Waals surface area contributed by atoms with Crippen molar-refractivity contribution in [2.45, 2.75) is 147 Å². The van der Waals surface area contributed by atoms with Gasteiger partial charge in [0, 0.05) is 36.3 Å². The molecule has 0 aromatic carbocycles. The second-order valence-electron chi connectivity index (χ2n) is 14.3. The SMILES string of the molecule is C=C1CC2CC=CC(=O)OC3C(C)C(CC=CC4CCCCC(CCC4)C4OCCC(CC(C1)O2)O4)OC(C(C)=CC#N)C3C. The Morgan fingerprint density at radius 3 is 2.56 bits per heavy atom. The van der Waals surface area contributed by atoms with Crippen LogP contribution >= 0.6 is 0 Å². The van der Waals surface area contributed by atoms with Crippen LogP contribution in [0, 0.1) is 35.0 Å². The largest absolute Gasteiger partial charge is 0.458 e. The van der Waals surface area contributed by atoms with Crippen LogP contribution in [-0.2, 0) is 28.5 Å². The lowest BCUT2D eigenvalue weighted by Crippen LogP contribution is -2.50. The van der Waals surface area contributed by atoms with Gasteiger partial charge in [0.05, 0.1) is 43.2 Å². The molecule has 5 rings (SSSR count). The van der Waals surface area contributed by atoms with E-state index in [2.05, 4.69) is 38.6 Å². The molecule has 4 heterocycles. The molecule has 0 spiro atoms. The highest BCUT2D eigenvalue weighted by atomic mass is 16.7. The van der Waals surface area contributed by atoms with Gasteiger partial charge in [0.25, 0.3) is 0 Å². The molecule has 4 fully saturated rings. The number of ether oxygens (including phenoxy) is 5. The fraction of sp³-hybridized carbons (Fsp3) is 0.737.